The van der Waals surface area contributed by atoms with Crippen molar-refractivity contribution in [2.45, 2.75) is 43.9 Å². The van der Waals surface area contributed by atoms with Gasteiger partial charge in [-0.15, -0.1) is 0 Å². The molecule has 0 radical (unpaired) electrons. The lowest BCUT2D eigenvalue weighted by atomic mass is 10.0. The van der Waals surface area contributed by atoms with Crippen LogP contribution in [0.15, 0.2) is 97.1 Å². The van der Waals surface area contributed by atoms with E-state index in [1.54, 1.807) is 0 Å². The van der Waals surface area contributed by atoms with Gasteiger partial charge in [-0.05, 0) is 74.9 Å². The Hall–Kier alpha value is -2.06. The van der Waals surface area contributed by atoms with E-state index >= 15 is 13.3 Å². The molecule has 0 amide bonds. The van der Waals surface area contributed by atoms with Crippen LogP contribution in [0, 0.1) is 11.6 Å². The monoisotopic (exact) mass is 615 g/mol. The van der Waals surface area contributed by atoms with Crippen molar-refractivity contribution in [3.05, 3.63) is 130 Å². The highest BCUT2D eigenvalue weighted by Gasteiger charge is 2.50. The van der Waals surface area contributed by atoms with Crippen LogP contribution in [0.3, 0.4) is 0 Å². The fourth-order valence-corrected chi connectivity index (χ4v) is 14.1. The highest BCUT2D eigenvalue weighted by molar-refractivity contribution is 7.84. The Morgan fingerprint density at radius 1 is 0.775 bits per heavy atom. The number of rotatable bonds is 9. The molecule has 5 rings (SSSR count). The average Bonchev–Trinajstić information content (AvgIpc) is 3.39. The quantitative estimate of drug-likeness (QED) is 0.175. The Morgan fingerprint density at radius 2 is 1.23 bits per heavy atom. The first-order valence-electron chi connectivity index (χ1n) is 13.5. The lowest BCUT2D eigenvalue weighted by Crippen LogP contribution is -2.34. The van der Waals surface area contributed by atoms with Gasteiger partial charge in [-0.1, -0.05) is 97.2 Å². The largest absolute Gasteiger partial charge is 0.296 e. The molecule has 1 aliphatic heterocycles. The number of halogens is 4. The van der Waals surface area contributed by atoms with E-state index in [-0.39, 0.29) is 32.0 Å². The van der Waals surface area contributed by atoms with Gasteiger partial charge in [-0.2, -0.15) is 0 Å². The van der Waals surface area contributed by atoms with E-state index in [1.165, 1.54) is 36.4 Å². The smallest absolute Gasteiger partial charge is 0.216 e. The van der Waals surface area contributed by atoms with Crippen LogP contribution in [0.5, 0.6) is 0 Å². The van der Waals surface area contributed by atoms with Crippen LogP contribution in [-0.4, -0.2) is 11.0 Å². The maximum Gasteiger partial charge on any atom is 0.216 e. The summed E-state index contributed by atoms with van der Waals surface area (Å²) >= 11 is 12.3. The summed E-state index contributed by atoms with van der Waals surface area (Å²) in [5.74, 6) is -1.40. The summed E-state index contributed by atoms with van der Waals surface area (Å²) in [5.41, 5.74) is 2.48. The van der Waals surface area contributed by atoms with Crippen molar-refractivity contribution in [3.8, 4) is 0 Å². The normalized spacial score (nSPS) is 19.3. The summed E-state index contributed by atoms with van der Waals surface area (Å²) in [4.78, 5) is 0. The third-order valence-electron chi connectivity index (χ3n) is 7.50. The van der Waals surface area contributed by atoms with Gasteiger partial charge in [0.15, 0.2) is 0 Å². The van der Waals surface area contributed by atoms with Crippen molar-refractivity contribution in [3.63, 3.8) is 0 Å². The maximum atomic E-state index is 15.8. The van der Waals surface area contributed by atoms with Crippen LogP contribution in [0.4, 0.5) is 8.78 Å². The second-order valence-electron chi connectivity index (χ2n) is 10.0. The zero-order valence-corrected chi connectivity index (χ0v) is 25.5. The van der Waals surface area contributed by atoms with E-state index in [9.17, 15) is 0 Å². The van der Waals surface area contributed by atoms with Crippen LogP contribution in [-0.2, 0) is 4.57 Å². The van der Waals surface area contributed by atoms with E-state index in [4.69, 9.17) is 23.2 Å². The highest BCUT2D eigenvalue weighted by atomic mass is 35.5. The van der Waals surface area contributed by atoms with Gasteiger partial charge >= 0.3 is 0 Å². The Bertz CT molecular complexity index is 1400. The molecule has 208 valence electrons. The molecule has 4 aromatic rings. The lowest BCUT2D eigenvalue weighted by Gasteiger charge is -2.42. The zero-order chi connectivity index (χ0) is 28.3. The van der Waals surface area contributed by atoms with Crippen molar-refractivity contribution >= 4 is 49.2 Å². The van der Waals surface area contributed by atoms with Gasteiger partial charge in [0, 0.05) is 27.9 Å². The molecular formula is C32H31Cl2F2NOP2. The van der Waals surface area contributed by atoms with E-state index < -0.39 is 27.0 Å². The standard InChI is InChI=1S/C32H31Cl2F2NOP2/c1-2-3-20-37(39-29(23-10-6-4-7-11-23)16-17-30(39)24-12-8-5-9-13-24)40(38,31-18-14-25(33)21-27(31)35)32-19-15-26(34)22-28(32)36/h4-15,18-19,21-22,29-30H,2-3,16-17,20H2,1H3. The molecule has 0 aliphatic carbocycles. The predicted molar refractivity (Wildman–Crippen MR) is 166 cm³/mol. The van der Waals surface area contributed by atoms with Gasteiger partial charge in [0.2, 0.25) is 7.29 Å². The summed E-state index contributed by atoms with van der Waals surface area (Å²) in [6, 6.07) is 28.8. The number of unbranched alkanes of at least 4 members (excludes halogenated alkanes) is 1. The fraction of sp³-hybridized carbons (Fsp3) is 0.250. The zero-order valence-electron chi connectivity index (χ0n) is 22.2. The Kier molecular flexibility index (Phi) is 9.45. The first kappa shape index (κ1) is 29.4. The first-order chi connectivity index (χ1) is 19.3. The SMILES string of the molecule is CCCCN(P1C(c2ccccc2)CCC1c1ccccc1)P(=O)(c1ccc(Cl)cc1F)c1ccc(Cl)cc1F. The Morgan fingerprint density at radius 3 is 1.62 bits per heavy atom. The molecule has 1 heterocycles. The molecule has 2 nitrogen and oxygen atoms in total. The third-order valence-corrected chi connectivity index (χ3v) is 15.3. The van der Waals surface area contributed by atoms with Gasteiger partial charge in [0.1, 0.15) is 11.6 Å². The van der Waals surface area contributed by atoms with Crippen LogP contribution >= 0.6 is 38.6 Å². The van der Waals surface area contributed by atoms with Crippen molar-refractivity contribution < 1.29 is 13.3 Å². The minimum absolute atomic E-state index is 0.0257. The molecular weight excluding hydrogens is 585 g/mol. The average molecular weight is 616 g/mol. The second kappa shape index (κ2) is 12.8. The fourth-order valence-electron chi connectivity index (χ4n) is 5.64. The minimum atomic E-state index is -4.05. The summed E-state index contributed by atoms with van der Waals surface area (Å²) in [5, 5.41) is 0.338. The number of nitrogens with zero attached hydrogens (tertiary/aromatic N) is 1. The number of hydrogen-bond acceptors (Lipinski definition) is 1. The predicted octanol–water partition coefficient (Wildman–Crippen LogP) is 10.3. The van der Waals surface area contributed by atoms with Crippen molar-refractivity contribution in [1.82, 2.24) is 4.44 Å². The molecule has 1 saturated heterocycles. The van der Waals surface area contributed by atoms with Gasteiger partial charge in [0.25, 0.3) is 0 Å². The molecule has 2 atom stereocenters. The summed E-state index contributed by atoms with van der Waals surface area (Å²) in [6.07, 6.45) is 3.36. The summed E-state index contributed by atoms with van der Waals surface area (Å²) < 4.78 is 49.5. The van der Waals surface area contributed by atoms with E-state index in [2.05, 4.69) is 31.2 Å². The summed E-state index contributed by atoms with van der Waals surface area (Å²) in [6.45, 7) is 2.51. The van der Waals surface area contributed by atoms with E-state index in [0.29, 0.717) is 6.54 Å². The molecule has 1 aliphatic rings. The molecule has 0 aromatic heterocycles. The van der Waals surface area contributed by atoms with Crippen molar-refractivity contribution in [2.24, 2.45) is 0 Å². The minimum Gasteiger partial charge on any atom is -0.296 e. The van der Waals surface area contributed by atoms with Crippen LogP contribution in [0.1, 0.15) is 55.1 Å². The third kappa shape index (κ3) is 5.80. The van der Waals surface area contributed by atoms with Gasteiger partial charge in [-0.25, -0.2) is 13.2 Å². The molecule has 1 fully saturated rings. The molecule has 0 spiro atoms. The number of benzene rings is 4. The second-order valence-corrected chi connectivity index (χ2v) is 16.3. The van der Waals surface area contributed by atoms with E-state index in [1.807, 2.05) is 40.8 Å². The van der Waals surface area contributed by atoms with E-state index in [0.717, 1.165) is 36.8 Å². The van der Waals surface area contributed by atoms with Gasteiger partial charge < -0.3 is 0 Å². The molecule has 0 N–H and O–H groups in total. The molecule has 40 heavy (non-hydrogen) atoms. The molecule has 8 heteroatoms. The van der Waals surface area contributed by atoms with Crippen molar-refractivity contribution in [2.75, 3.05) is 6.54 Å². The number of hydrogen-bond donors (Lipinski definition) is 0. The van der Waals surface area contributed by atoms with Crippen molar-refractivity contribution in [1.29, 1.82) is 0 Å². The Balaban J connectivity index is 1.79. The molecule has 4 aromatic carbocycles. The van der Waals surface area contributed by atoms with Gasteiger partial charge in [-0.3, -0.25) is 4.57 Å². The lowest BCUT2D eigenvalue weighted by molar-refractivity contribution is 0.529. The first-order valence-corrected chi connectivity index (χ1v) is 17.4. The molecule has 2 unspecified atom stereocenters. The molecule has 0 saturated carbocycles. The Labute approximate surface area is 246 Å². The van der Waals surface area contributed by atoms with Crippen LogP contribution in [0.2, 0.25) is 10.0 Å². The topological polar surface area (TPSA) is 20.3 Å². The maximum absolute atomic E-state index is 15.8. The van der Waals surface area contributed by atoms with Gasteiger partial charge in [0.05, 0.1) is 10.6 Å². The highest BCUT2D eigenvalue weighted by Crippen LogP contribution is 2.78. The summed E-state index contributed by atoms with van der Waals surface area (Å²) in [7, 11) is -5.25. The van der Waals surface area contributed by atoms with Crippen LogP contribution in [0.25, 0.3) is 0 Å². The molecule has 0 bridgehead atoms. The van der Waals surface area contributed by atoms with Crippen LogP contribution < -0.4 is 10.6 Å².